The molecular formula is C10H19NO4. The Morgan fingerprint density at radius 3 is 2.40 bits per heavy atom. The fourth-order valence-electron chi connectivity index (χ4n) is 1.09. The number of carbonyl (C=O) groups is 2. The molecule has 0 rings (SSSR count). The van der Waals surface area contributed by atoms with Crippen molar-refractivity contribution in [1.29, 1.82) is 0 Å². The number of aliphatic carboxylic acids is 1. The Kier molecular flexibility index (Phi) is 6.70. The van der Waals surface area contributed by atoms with Gasteiger partial charge >= 0.3 is 5.97 Å². The molecule has 15 heavy (non-hydrogen) atoms. The minimum Gasteiger partial charge on any atom is -0.480 e. The number of hydrogen-bond donors (Lipinski definition) is 1. The summed E-state index contributed by atoms with van der Waals surface area (Å²) in [6.45, 7) is 5.71. The fourth-order valence-corrected chi connectivity index (χ4v) is 1.09. The van der Waals surface area contributed by atoms with Gasteiger partial charge in [-0.05, 0) is 20.3 Å². The van der Waals surface area contributed by atoms with Crippen LogP contribution in [-0.2, 0) is 14.3 Å². The molecule has 0 aliphatic heterocycles. The molecule has 0 unspecified atom stereocenters. The van der Waals surface area contributed by atoms with Gasteiger partial charge in [-0.1, -0.05) is 6.92 Å². The van der Waals surface area contributed by atoms with E-state index in [1.165, 1.54) is 4.90 Å². The van der Waals surface area contributed by atoms with Gasteiger partial charge in [-0.3, -0.25) is 9.59 Å². The lowest BCUT2D eigenvalue weighted by molar-refractivity contribution is -0.148. The highest BCUT2D eigenvalue weighted by Crippen LogP contribution is 1.99. The Morgan fingerprint density at radius 1 is 1.40 bits per heavy atom. The van der Waals surface area contributed by atoms with Gasteiger partial charge in [0.1, 0.15) is 13.2 Å². The summed E-state index contributed by atoms with van der Waals surface area (Å²) in [7, 11) is 0. The Bertz CT molecular complexity index is 215. The van der Waals surface area contributed by atoms with Crippen molar-refractivity contribution in [3.8, 4) is 0 Å². The first-order chi connectivity index (χ1) is 6.99. The monoisotopic (exact) mass is 217 g/mol. The van der Waals surface area contributed by atoms with Gasteiger partial charge < -0.3 is 14.7 Å². The molecule has 0 radical (unpaired) electrons. The topological polar surface area (TPSA) is 66.8 Å². The molecule has 88 valence electrons. The zero-order valence-electron chi connectivity index (χ0n) is 9.52. The third-order valence-corrected chi connectivity index (χ3v) is 1.82. The standard InChI is InChI=1S/C10H19NO4/c1-4-5-15-7-9(12)11(8(2)3)6-10(13)14/h8H,4-7H2,1-3H3,(H,13,14). The summed E-state index contributed by atoms with van der Waals surface area (Å²) in [5.74, 6) is -1.28. The smallest absolute Gasteiger partial charge is 0.323 e. The number of carboxylic acid groups (broad SMARTS) is 1. The van der Waals surface area contributed by atoms with Crippen molar-refractivity contribution in [3.05, 3.63) is 0 Å². The van der Waals surface area contributed by atoms with E-state index in [1.807, 2.05) is 6.92 Å². The highest BCUT2D eigenvalue weighted by atomic mass is 16.5. The van der Waals surface area contributed by atoms with Crippen LogP contribution in [0.1, 0.15) is 27.2 Å². The normalized spacial score (nSPS) is 10.4. The number of nitrogens with zero attached hydrogens (tertiary/aromatic N) is 1. The molecule has 0 aromatic rings. The number of carboxylic acids is 1. The molecule has 0 saturated heterocycles. The van der Waals surface area contributed by atoms with Gasteiger partial charge in [0.15, 0.2) is 0 Å². The SMILES string of the molecule is CCCOCC(=O)N(CC(=O)O)C(C)C. The van der Waals surface area contributed by atoms with Gasteiger partial charge in [0.2, 0.25) is 5.91 Å². The molecule has 0 heterocycles. The van der Waals surface area contributed by atoms with Gasteiger partial charge in [0.05, 0.1) is 0 Å². The maximum atomic E-state index is 11.5. The van der Waals surface area contributed by atoms with Crippen LogP contribution in [0, 0.1) is 0 Å². The lowest BCUT2D eigenvalue weighted by atomic mass is 10.3. The van der Waals surface area contributed by atoms with E-state index < -0.39 is 5.97 Å². The first kappa shape index (κ1) is 13.9. The van der Waals surface area contributed by atoms with Crippen LogP contribution in [0.5, 0.6) is 0 Å². The molecule has 0 spiro atoms. The van der Waals surface area contributed by atoms with Gasteiger partial charge in [-0.2, -0.15) is 0 Å². The maximum absolute atomic E-state index is 11.5. The number of hydrogen-bond acceptors (Lipinski definition) is 3. The van der Waals surface area contributed by atoms with Crippen LogP contribution >= 0.6 is 0 Å². The average molecular weight is 217 g/mol. The molecule has 0 aromatic heterocycles. The molecule has 0 atom stereocenters. The summed E-state index contributed by atoms with van der Waals surface area (Å²) < 4.78 is 5.07. The first-order valence-electron chi connectivity index (χ1n) is 5.08. The van der Waals surface area contributed by atoms with E-state index in [4.69, 9.17) is 9.84 Å². The van der Waals surface area contributed by atoms with Crippen LogP contribution < -0.4 is 0 Å². The molecule has 0 aliphatic rings. The second-order valence-corrected chi connectivity index (χ2v) is 3.56. The molecule has 0 fully saturated rings. The van der Waals surface area contributed by atoms with Crippen LogP contribution in [0.3, 0.4) is 0 Å². The van der Waals surface area contributed by atoms with Crippen molar-refractivity contribution >= 4 is 11.9 Å². The minimum absolute atomic E-state index is 0.0424. The summed E-state index contributed by atoms with van der Waals surface area (Å²) in [5, 5.41) is 8.62. The fraction of sp³-hybridized carbons (Fsp3) is 0.800. The van der Waals surface area contributed by atoms with Crippen molar-refractivity contribution in [1.82, 2.24) is 4.90 Å². The van der Waals surface area contributed by atoms with E-state index in [0.717, 1.165) is 6.42 Å². The Hall–Kier alpha value is -1.10. The minimum atomic E-state index is -1.01. The lowest BCUT2D eigenvalue weighted by Gasteiger charge is -2.24. The zero-order valence-corrected chi connectivity index (χ0v) is 9.52. The average Bonchev–Trinajstić information content (AvgIpc) is 2.13. The number of amides is 1. The van der Waals surface area contributed by atoms with Crippen LogP contribution in [0.4, 0.5) is 0 Å². The van der Waals surface area contributed by atoms with E-state index in [-0.39, 0.29) is 25.1 Å². The summed E-state index contributed by atoms with van der Waals surface area (Å²) in [6.07, 6.45) is 0.841. The lowest BCUT2D eigenvalue weighted by Crippen LogP contribution is -2.42. The molecule has 5 nitrogen and oxygen atoms in total. The Balaban J connectivity index is 4.11. The molecule has 0 saturated carbocycles. The third kappa shape index (κ3) is 6.06. The Morgan fingerprint density at radius 2 is 2.00 bits per heavy atom. The van der Waals surface area contributed by atoms with Crippen molar-refractivity contribution < 1.29 is 19.4 Å². The van der Waals surface area contributed by atoms with E-state index >= 15 is 0 Å². The quantitative estimate of drug-likeness (QED) is 0.638. The van der Waals surface area contributed by atoms with Gasteiger partial charge in [0, 0.05) is 12.6 Å². The summed E-state index contributed by atoms with van der Waals surface area (Å²) in [6, 6.07) is -0.126. The second-order valence-electron chi connectivity index (χ2n) is 3.56. The predicted molar refractivity (Wildman–Crippen MR) is 55.6 cm³/mol. The highest BCUT2D eigenvalue weighted by molar-refractivity contribution is 5.82. The number of carbonyl (C=O) groups excluding carboxylic acids is 1. The number of ether oxygens (including phenoxy) is 1. The summed E-state index contributed by atoms with van der Waals surface area (Å²) >= 11 is 0. The van der Waals surface area contributed by atoms with E-state index in [2.05, 4.69) is 0 Å². The van der Waals surface area contributed by atoms with Crippen LogP contribution in [-0.4, -0.2) is 47.7 Å². The zero-order chi connectivity index (χ0) is 11.8. The van der Waals surface area contributed by atoms with E-state index in [1.54, 1.807) is 13.8 Å². The number of rotatable bonds is 7. The van der Waals surface area contributed by atoms with Crippen molar-refractivity contribution in [2.75, 3.05) is 19.8 Å². The maximum Gasteiger partial charge on any atom is 0.323 e. The second kappa shape index (κ2) is 7.23. The molecule has 5 heteroatoms. The predicted octanol–water partition coefficient (Wildman–Crippen LogP) is 0.735. The molecule has 0 aliphatic carbocycles. The molecule has 1 amide bonds. The van der Waals surface area contributed by atoms with E-state index in [9.17, 15) is 9.59 Å². The van der Waals surface area contributed by atoms with Gasteiger partial charge in [-0.15, -0.1) is 0 Å². The third-order valence-electron chi connectivity index (χ3n) is 1.82. The first-order valence-corrected chi connectivity index (χ1v) is 5.08. The van der Waals surface area contributed by atoms with Crippen LogP contribution in [0.2, 0.25) is 0 Å². The Labute approximate surface area is 90.0 Å². The van der Waals surface area contributed by atoms with Gasteiger partial charge in [0.25, 0.3) is 0 Å². The van der Waals surface area contributed by atoms with Crippen LogP contribution in [0.15, 0.2) is 0 Å². The highest BCUT2D eigenvalue weighted by Gasteiger charge is 2.19. The summed E-state index contributed by atoms with van der Waals surface area (Å²) in [5.41, 5.74) is 0. The molecule has 0 bridgehead atoms. The van der Waals surface area contributed by atoms with Crippen molar-refractivity contribution in [2.24, 2.45) is 0 Å². The van der Waals surface area contributed by atoms with Crippen molar-refractivity contribution in [3.63, 3.8) is 0 Å². The van der Waals surface area contributed by atoms with Crippen molar-refractivity contribution in [2.45, 2.75) is 33.2 Å². The molecule has 1 N–H and O–H groups in total. The summed E-state index contributed by atoms with van der Waals surface area (Å²) in [4.78, 5) is 23.3. The molecule has 0 aromatic carbocycles. The van der Waals surface area contributed by atoms with Gasteiger partial charge in [-0.25, -0.2) is 0 Å². The van der Waals surface area contributed by atoms with E-state index in [0.29, 0.717) is 6.61 Å². The molecular weight excluding hydrogens is 198 g/mol. The largest absolute Gasteiger partial charge is 0.480 e. The van der Waals surface area contributed by atoms with Crippen LogP contribution in [0.25, 0.3) is 0 Å².